The number of hydrogen-bond donors (Lipinski definition) is 0. The van der Waals surface area contributed by atoms with Gasteiger partial charge >= 0.3 is 0 Å². The first-order chi connectivity index (χ1) is 6.35. The minimum atomic E-state index is 0.872. The zero-order chi connectivity index (χ0) is 9.26. The summed E-state index contributed by atoms with van der Waals surface area (Å²) in [7, 11) is 0. The average molecular weight is 173 g/mol. The zero-order valence-electron chi connectivity index (χ0n) is 8.56. The molecular weight excluding hydrogens is 156 g/mol. The molecule has 69 valence electrons. The number of benzene rings is 1. The van der Waals surface area contributed by atoms with E-state index >= 15 is 0 Å². The second kappa shape index (κ2) is 3.53. The fourth-order valence-electron chi connectivity index (χ4n) is 1.88. The van der Waals surface area contributed by atoms with Gasteiger partial charge in [0, 0.05) is 0 Å². The van der Waals surface area contributed by atoms with E-state index in [1.165, 1.54) is 24.8 Å². The molecule has 0 nitrogen and oxygen atoms in total. The Morgan fingerprint density at radius 1 is 1.31 bits per heavy atom. The van der Waals surface area contributed by atoms with Crippen LogP contribution in [0.5, 0.6) is 0 Å². The van der Waals surface area contributed by atoms with Crippen LogP contribution in [0.3, 0.4) is 0 Å². The first-order valence-corrected chi connectivity index (χ1v) is 5.38. The molecule has 13 heavy (non-hydrogen) atoms. The molecule has 0 heteroatoms. The Bertz CT molecular complexity index is 295. The molecule has 0 atom stereocenters. The van der Waals surface area contributed by atoms with Gasteiger partial charge in [-0.2, -0.15) is 0 Å². The number of rotatable bonds is 3. The van der Waals surface area contributed by atoms with Crippen LogP contribution in [0.15, 0.2) is 12.1 Å². The summed E-state index contributed by atoms with van der Waals surface area (Å²) in [6.45, 7) is 4.45. The van der Waals surface area contributed by atoms with E-state index in [0.717, 1.165) is 12.3 Å². The molecule has 0 spiro atoms. The Morgan fingerprint density at radius 2 is 2.08 bits per heavy atom. The lowest BCUT2D eigenvalue weighted by Crippen LogP contribution is -1.93. The fraction of sp³-hybridized carbons (Fsp3) is 0.538. The largest absolute Gasteiger partial charge is 0.0613 e. The molecule has 1 aliphatic rings. The lowest BCUT2D eigenvalue weighted by molar-refractivity contribution is 1.01. The highest BCUT2D eigenvalue weighted by Crippen LogP contribution is 2.41. The minimum Gasteiger partial charge on any atom is -0.0613 e. The molecule has 0 aliphatic heterocycles. The molecule has 0 saturated heterocycles. The van der Waals surface area contributed by atoms with Gasteiger partial charge in [0.05, 0.1) is 0 Å². The van der Waals surface area contributed by atoms with Gasteiger partial charge in [0.1, 0.15) is 0 Å². The van der Waals surface area contributed by atoms with E-state index in [0.29, 0.717) is 0 Å². The van der Waals surface area contributed by atoms with Crippen LogP contribution in [0.2, 0.25) is 0 Å². The highest BCUT2D eigenvalue weighted by molar-refractivity contribution is 5.36. The molecule has 1 aromatic rings. The van der Waals surface area contributed by atoms with Crippen molar-refractivity contribution in [2.75, 3.05) is 0 Å². The van der Waals surface area contributed by atoms with E-state index in [1.807, 2.05) is 0 Å². The van der Waals surface area contributed by atoms with Crippen molar-refractivity contribution in [3.05, 3.63) is 34.9 Å². The number of hydrogen-bond acceptors (Lipinski definition) is 0. The van der Waals surface area contributed by atoms with Crippen molar-refractivity contribution in [1.82, 2.24) is 0 Å². The molecular formula is C13H17. The molecule has 1 fully saturated rings. The van der Waals surface area contributed by atoms with Crippen LogP contribution in [0.4, 0.5) is 0 Å². The highest BCUT2D eigenvalue weighted by Gasteiger charge is 2.25. The highest BCUT2D eigenvalue weighted by atomic mass is 14.3. The summed E-state index contributed by atoms with van der Waals surface area (Å²) in [5, 5.41) is 0. The summed E-state index contributed by atoms with van der Waals surface area (Å²) in [4.78, 5) is 0. The first-order valence-electron chi connectivity index (χ1n) is 5.38. The molecule has 0 amide bonds. The van der Waals surface area contributed by atoms with E-state index in [9.17, 15) is 0 Å². The minimum absolute atomic E-state index is 0.872. The third-order valence-corrected chi connectivity index (χ3v) is 2.91. The molecule has 1 aliphatic carbocycles. The van der Waals surface area contributed by atoms with Crippen LogP contribution in [0.25, 0.3) is 0 Å². The Hall–Kier alpha value is -0.780. The second-order valence-electron chi connectivity index (χ2n) is 3.92. The third kappa shape index (κ3) is 1.77. The Balaban J connectivity index is 2.33. The molecule has 1 saturated carbocycles. The van der Waals surface area contributed by atoms with Crippen LogP contribution in [0, 0.1) is 6.07 Å². The maximum Gasteiger partial charge on any atom is -0.0146 e. The summed E-state index contributed by atoms with van der Waals surface area (Å²) in [6, 6.07) is 7.96. The van der Waals surface area contributed by atoms with E-state index in [4.69, 9.17) is 0 Å². The van der Waals surface area contributed by atoms with Crippen molar-refractivity contribution in [2.24, 2.45) is 0 Å². The maximum absolute atomic E-state index is 3.38. The van der Waals surface area contributed by atoms with Crippen LogP contribution in [-0.2, 0) is 12.8 Å². The van der Waals surface area contributed by atoms with Crippen molar-refractivity contribution in [2.45, 2.75) is 45.4 Å². The normalized spacial score (nSPS) is 16.2. The van der Waals surface area contributed by atoms with Crippen molar-refractivity contribution >= 4 is 0 Å². The van der Waals surface area contributed by atoms with Crippen molar-refractivity contribution in [1.29, 1.82) is 0 Å². The van der Waals surface area contributed by atoms with Gasteiger partial charge in [0.15, 0.2) is 0 Å². The average Bonchev–Trinajstić information content (AvgIpc) is 3.00. The number of aryl methyl sites for hydroxylation is 2. The van der Waals surface area contributed by atoms with Gasteiger partial charge in [-0.15, -0.1) is 0 Å². The molecule has 0 bridgehead atoms. The van der Waals surface area contributed by atoms with Gasteiger partial charge in [-0.05, 0) is 54.4 Å². The van der Waals surface area contributed by atoms with E-state index in [1.54, 1.807) is 11.1 Å². The van der Waals surface area contributed by atoms with Gasteiger partial charge in [0.25, 0.3) is 0 Å². The Morgan fingerprint density at radius 3 is 2.62 bits per heavy atom. The van der Waals surface area contributed by atoms with Gasteiger partial charge in [-0.3, -0.25) is 0 Å². The van der Waals surface area contributed by atoms with Gasteiger partial charge in [0.2, 0.25) is 0 Å². The maximum atomic E-state index is 3.38. The van der Waals surface area contributed by atoms with Crippen LogP contribution in [-0.4, -0.2) is 0 Å². The fourth-order valence-corrected chi connectivity index (χ4v) is 1.88. The van der Waals surface area contributed by atoms with Crippen molar-refractivity contribution in [3.63, 3.8) is 0 Å². The van der Waals surface area contributed by atoms with Crippen molar-refractivity contribution < 1.29 is 0 Å². The predicted octanol–water partition coefficient (Wildman–Crippen LogP) is 3.49. The van der Waals surface area contributed by atoms with Crippen molar-refractivity contribution in [3.8, 4) is 0 Å². The molecule has 1 aromatic carbocycles. The summed E-state index contributed by atoms with van der Waals surface area (Å²) < 4.78 is 0. The molecule has 1 radical (unpaired) electrons. The Kier molecular flexibility index (Phi) is 2.39. The second-order valence-corrected chi connectivity index (χ2v) is 3.92. The van der Waals surface area contributed by atoms with E-state index in [2.05, 4.69) is 32.0 Å². The zero-order valence-corrected chi connectivity index (χ0v) is 8.56. The standard InChI is InChI=1S/C13H17/c1-3-10-5-8-13(12-6-7-12)11(4-2)9-10/h8-9,12H,3-4,6-7H2,1-2H3. The van der Waals surface area contributed by atoms with E-state index in [-0.39, 0.29) is 0 Å². The summed E-state index contributed by atoms with van der Waals surface area (Å²) >= 11 is 0. The van der Waals surface area contributed by atoms with Gasteiger partial charge in [-0.1, -0.05) is 26.0 Å². The predicted molar refractivity (Wildman–Crippen MR) is 56.0 cm³/mol. The monoisotopic (exact) mass is 173 g/mol. The smallest absolute Gasteiger partial charge is 0.0146 e. The molecule has 0 aromatic heterocycles. The lowest BCUT2D eigenvalue weighted by Gasteiger charge is -2.07. The quantitative estimate of drug-likeness (QED) is 0.656. The van der Waals surface area contributed by atoms with Gasteiger partial charge in [-0.25, -0.2) is 0 Å². The molecule has 0 unspecified atom stereocenters. The summed E-state index contributed by atoms with van der Waals surface area (Å²) in [6.07, 6.45) is 5.07. The van der Waals surface area contributed by atoms with E-state index < -0.39 is 0 Å². The SMILES string of the molecule is CCc1[c]cc(C2CC2)c(CC)c1. The van der Waals surface area contributed by atoms with Crippen LogP contribution < -0.4 is 0 Å². The molecule has 0 heterocycles. The van der Waals surface area contributed by atoms with Gasteiger partial charge < -0.3 is 0 Å². The molecule has 2 rings (SSSR count). The lowest BCUT2D eigenvalue weighted by atomic mass is 9.98. The van der Waals surface area contributed by atoms with Crippen LogP contribution in [0.1, 0.15) is 49.3 Å². The Labute approximate surface area is 81.0 Å². The third-order valence-electron chi connectivity index (χ3n) is 2.91. The molecule has 0 N–H and O–H groups in total. The summed E-state index contributed by atoms with van der Waals surface area (Å²) in [5.41, 5.74) is 4.49. The van der Waals surface area contributed by atoms with Crippen LogP contribution >= 0.6 is 0 Å². The first kappa shape index (κ1) is 8.80. The topological polar surface area (TPSA) is 0 Å². The summed E-state index contributed by atoms with van der Waals surface area (Å²) in [5.74, 6) is 0.872.